The molecule has 1 atom stereocenters. The molecule has 0 bridgehead atoms. The van der Waals surface area contributed by atoms with Crippen LogP contribution in [0.5, 0.6) is 5.75 Å². The van der Waals surface area contributed by atoms with Gasteiger partial charge in [-0.05, 0) is 68.7 Å². The van der Waals surface area contributed by atoms with E-state index in [9.17, 15) is 9.59 Å². The Kier molecular flexibility index (Phi) is 5.80. The predicted octanol–water partition coefficient (Wildman–Crippen LogP) is 3.98. The number of anilines is 2. The Hall–Kier alpha value is -2.82. The number of aryl methyl sites for hydroxylation is 2. The summed E-state index contributed by atoms with van der Waals surface area (Å²) < 4.78 is 5.85. The van der Waals surface area contributed by atoms with Crippen LogP contribution in [-0.4, -0.2) is 17.9 Å². The highest BCUT2D eigenvalue weighted by atomic mass is 16.5. The van der Waals surface area contributed by atoms with Gasteiger partial charge in [-0.2, -0.15) is 0 Å². The molecule has 0 saturated heterocycles. The topological polar surface area (TPSA) is 67.4 Å². The maximum Gasteiger partial charge on any atom is 0.265 e. The molecule has 2 N–H and O–H groups in total. The van der Waals surface area contributed by atoms with Gasteiger partial charge in [0.15, 0.2) is 6.10 Å². The number of ether oxygens (including phenoxy) is 1. The SMILES string of the molecule is CC(=O)Nc1cccc(NC(=O)[C@H](C)Oc2cc(C)cc(C)c2C)c1. The number of amides is 2. The Morgan fingerprint density at radius 1 is 1.00 bits per heavy atom. The summed E-state index contributed by atoms with van der Waals surface area (Å²) in [6.45, 7) is 9.15. The molecule has 2 rings (SSSR count). The van der Waals surface area contributed by atoms with Crippen molar-refractivity contribution in [3.05, 3.63) is 53.1 Å². The Bertz CT molecular complexity index is 800. The molecular formula is C20H24N2O3. The van der Waals surface area contributed by atoms with Gasteiger partial charge in [0.25, 0.3) is 5.91 Å². The Morgan fingerprint density at radius 2 is 1.64 bits per heavy atom. The summed E-state index contributed by atoms with van der Waals surface area (Å²) in [4.78, 5) is 23.5. The molecule has 0 unspecified atom stereocenters. The van der Waals surface area contributed by atoms with Crippen molar-refractivity contribution in [2.45, 2.75) is 40.7 Å². The second-order valence-corrected chi connectivity index (χ2v) is 6.22. The van der Waals surface area contributed by atoms with Crippen LogP contribution in [0.1, 0.15) is 30.5 Å². The van der Waals surface area contributed by atoms with E-state index in [0.717, 1.165) is 16.7 Å². The second kappa shape index (κ2) is 7.83. The lowest BCUT2D eigenvalue weighted by molar-refractivity contribution is -0.122. The zero-order valence-electron chi connectivity index (χ0n) is 15.3. The number of carbonyl (C=O) groups is 2. The summed E-state index contributed by atoms with van der Waals surface area (Å²) >= 11 is 0. The first-order valence-electron chi connectivity index (χ1n) is 8.19. The summed E-state index contributed by atoms with van der Waals surface area (Å²) in [6.07, 6.45) is -0.649. The summed E-state index contributed by atoms with van der Waals surface area (Å²) in [5.41, 5.74) is 4.48. The second-order valence-electron chi connectivity index (χ2n) is 6.22. The van der Waals surface area contributed by atoms with Gasteiger partial charge in [0, 0.05) is 18.3 Å². The van der Waals surface area contributed by atoms with Crippen LogP contribution in [-0.2, 0) is 9.59 Å². The van der Waals surface area contributed by atoms with Gasteiger partial charge >= 0.3 is 0 Å². The maximum atomic E-state index is 12.4. The van der Waals surface area contributed by atoms with Crippen LogP contribution in [0.3, 0.4) is 0 Å². The number of carbonyl (C=O) groups excluding carboxylic acids is 2. The van der Waals surface area contributed by atoms with Gasteiger partial charge in [-0.15, -0.1) is 0 Å². The van der Waals surface area contributed by atoms with Crippen LogP contribution in [0, 0.1) is 20.8 Å². The van der Waals surface area contributed by atoms with E-state index in [2.05, 4.69) is 16.7 Å². The molecule has 0 aliphatic rings. The van der Waals surface area contributed by atoms with Gasteiger partial charge in [0.05, 0.1) is 0 Å². The van der Waals surface area contributed by atoms with Crippen molar-refractivity contribution in [1.29, 1.82) is 0 Å². The fourth-order valence-corrected chi connectivity index (χ4v) is 2.49. The van der Waals surface area contributed by atoms with E-state index in [4.69, 9.17) is 4.74 Å². The van der Waals surface area contributed by atoms with E-state index in [-0.39, 0.29) is 11.8 Å². The normalized spacial score (nSPS) is 11.6. The van der Waals surface area contributed by atoms with Crippen molar-refractivity contribution in [1.82, 2.24) is 0 Å². The van der Waals surface area contributed by atoms with Crippen molar-refractivity contribution in [3.8, 4) is 5.75 Å². The summed E-state index contributed by atoms with van der Waals surface area (Å²) in [5, 5.41) is 5.49. The van der Waals surface area contributed by atoms with E-state index >= 15 is 0 Å². The molecular weight excluding hydrogens is 316 g/mol. The van der Waals surface area contributed by atoms with E-state index in [1.165, 1.54) is 6.92 Å². The third kappa shape index (κ3) is 5.08. The van der Waals surface area contributed by atoms with Crippen molar-refractivity contribution in [3.63, 3.8) is 0 Å². The van der Waals surface area contributed by atoms with Crippen LogP contribution < -0.4 is 15.4 Å². The van der Waals surface area contributed by atoms with Gasteiger partial charge in [-0.3, -0.25) is 9.59 Å². The lowest BCUT2D eigenvalue weighted by Crippen LogP contribution is -2.30. The van der Waals surface area contributed by atoms with E-state index in [1.54, 1.807) is 31.2 Å². The van der Waals surface area contributed by atoms with Gasteiger partial charge in [0.2, 0.25) is 5.91 Å². The molecule has 2 aromatic rings. The highest BCUT2D eigenvalue weighted by Gasteiger charge is 2.17. The smallest absolute Gasteiger partial charge is 0.265 e. The lowest BCUT2D eigenvalue weighted by Gasteiger charge is -2.18. The molecule has 2 amide bonds. The molecule has 5 heteroatoms. The summed E-state index contributed by atoms with van der Waals surface area (Å²) in [7, 11) is 0. The summed E-state index contributed by atoms with van der Waals surface area (Å²) in [6, 6.07) is 11.0. The zero-order chi connectivity index (χ0) is 18.6. The molecule has 132 valence electrons. The number of nitrogens with one attached hydrogen (secondary N) is 2. The van der Waals surface area contributed by atoms with Crippen molar-refractivity contribution < 1.29 is 14.3 Å². The Balaban J connectivity index is 2.07. The molecule has 0 saturated carbocycles. The van der Waals surface area contributed by atoms with Crippen LogP contribution in [0.25, 0.3) is 0 Å². The first-order valence-corrected chi connectivity index (χ1v) is 8.19. The fourth-order valence-electron chi connectivity index (χ4n) is 2.49. The van der Waals surface area contributed by atoms with Gasteiger partial charge in [0.1, 0.15) is 5.75 Å². The summed E-state index contributed by atoms with van der Waals surface area (Å²) in [5.74, 6) is 0.302. The largest absolute Gasteiger partial charge is 0.481 e. The van der Waals surface area contributed by atoms with Gasteiger partial charge < -0.3 is 15.4 Å². The number of rotatable bonds is 5. The van der Waals surface area contributed by atoms with Crippen LogP contribution in [0.15, 0.2) is 36.4 Å². The fraction of sp³-hybridized carbons (Fsp3) is 0.300. The third-order valence-electron chi connectivity index (χ3n) is 3.89. The van der Waals surface area contributed by atoms with Crippen molar-refractivity contribution in [2.24, 2.45) is 0 Å². The molecule has 0 radical (unpaired) electrons. The minimum Gasteiger partial charge on any atom is -0.481 e. The van der Waals surface area contributed by atoms with Crippen LogP contribution in [0.4, 0.5) is 11.4 Å². The average Bonchev–Trinajstić information content (AvgIpc) is 2.51. The molecule has 0 spiro atoms. The zero-order valence-corrected chi connectivity index (χ0v) is 15.3. The molecule has 2 aromatic carbocycles. The first kappa shape index (κ1) is 18.5. The lowest BCUT2D eigenvalue weighted by atomic mass is 10.1. The van der Waals surface area contributed by atoms with E-state index in [1.807, 2.05) is 26.8 Å². The monoisotopic (exact) mass is 340 g/mol. The quantitative estimate of drug-likeness (QED) is 0.865. The van der Waals surface area contributed by atoms with Gasteiger partial charge in [-0.1, -0.05) is 12.1 Å². The van der Waals surface area contributed by atoms with Crippen molar-refractivity contribution in [2.75, 3.05) is 10.6 Å². The van der Waals surface area contributed by atoms with E-state index in [0.29, 0.717) is 17.1 Å². The molecule has 0 aliphatic heterocycles. The average molecular weight is 340 g/mol. The van der Waals surface area contributed by atoms with Crippen LogP contribution >= 0.6 is 0 Å². The highest BCUT2D eigenvalue weighted by molar-refractivity contribution is 5.95. The highest BCUT2D eigenvalue weighted by Crippen LogP contribution is 2.24. The first-order chi connectivity index (χ1) is 11.8. The predicted molar refractivity (Wildman–Crippen MR) is 100 cm³/mol. The Labute approximate surface area is 148 Å². The molecule has 0 aromatic heterocycles. The minimum absolute atomic E-state index is 0.162. The minimum atomic E-state index is -0.649. The molecule has 0 heterocycles. The molecule has 0 aliphatic carbocycles. The third-order valence-corrected chi connectivity index (χ3v) is 3.89. The Morgan fingerprint density at radius 3 is 2.28 bits per heavy atom. The van der Waals surface area contributed by atoms with E-state index < -0.39 is 6.10 Å². The van der Waals surface area contributed by atoms with Crippen molar-refractivity contribution >= 4 is 23.2 Å². The molecule has 25 heavy (non-hydrogen) atoms. The standard InChI is InChI=1S/C20H24N2O3/c1-12-9-13(2)14(3)19(10-12)25-15(4)20(24)22-18-8-6-7-17(11-18)21-16(5)23/h6-11,15H,1-5H3,(H,21,23)(H,22,24)/t15-/m0/s1. The van der Waals surface area contributed by atoms with Gasteiger partial charge in [-0.25, -0.2) is 0 Å². The maximum absolute atomic E-state index is 12.4. The number of hydrogen-bond donors (Lipinski definition) is 2. The number of benzene rings is 2. The molecule has 5 nitrogen and oxygen atoms in total. The number of hydrogen-bond acceptors (Lipinski definition) is 3. The van der Waals surface area contributed by atoms with Crippen LogP contribution in [0.2, 0.25) is 0 Å². The molecule has 0 fully saturated rings.